The van der Waals surface area contributed by atoms with Crippen molar-refractivity contribution in [2.24, 2.45) is 0 Å². The van der Waals surface area contributed by atoms with E-state index in [2.05, 4.69) is 40.9 Å². The molecule has 1 aromatic carbocycles. The van der Waals surface area contributed by atoms with Crippen LogP contribution in [-0.2, 0) is 0 Å². The quantitative estimate of drug-likeness (QED) is 0.695. The number of nitrogens with one attached hydrogen (secondary N) is 3. The highest BCUT2D eigenvalue weighted by molar-refractivity contribution is 5.74. The first-order valence-corrected chi connectivity index (χ1v) is 6.72. The summed E-state index contributed by atoms with van der Waals surface area (Å²) in [5.74, 6) is 2.36. The van der Waals surface area contributed by atoms with Crippen LogP contribution in [0.5, 0.6) is 0 Å². The third-order valence-corrected chi connectivity index (χ3v) is 2.95. The second-order valence-corrected chi connectivity index (χ2v) is 5.40. The molecule has 0 heterocycles. The first kappa shape index (κ1) is 16.1. The molecule has 1 aromatic rings. The van der Waals surface area contributed by atoms with E-state index in [1.165, 1.54) is 5.56 Å². The van der Waals surface area contributed by atoms with Gasteiger partial charge in [-0.3, -0.25) is 0 Å². The minimum Gasteiger partial charge on any atom is -0.336 e. The molecule has 1 atom stereocenters. The van der Waals surface area contributed by atoms with Gasteiger partial charge in [0, 0.05) is 18.1 Å². The lowest BCUT2D eigenvalue weighted by Crippen LogP contribution is -2.51. The SMILES string of the molecule is C#CCNC(=O)NCC(C)(C)N[C@@H](C)c1ccccc1. The van der Waals surface area contributed by atoms with Crippen molar-refractivity contribution in [3.05, 3.63) is 35.9 Å². The van der Waals surface area contributed by atoms with Crippen LogP contribution in [0.2, 0.25) is 0 Å². The second-order valence-electron chi connectivity index (χ2n) is 5.40. The van der Waals surface area contributed by atoms with E-state index >= 15 is 0 Å². The Kier molecular flexibility index (Phi) is 6.08. The van der Waals surface area contributed by atoms with Crippen molar-refractivity contribution < 1.29 is 4.79 Å². The maximum absolute atomic E-state index is 11.5. The van der Waals surface area contributed by atoms with Gasteiger partial charge in [0.05, 0.1) is 6.54 Å². The Balaban J connectivity index is 2.45. The summed E-state index contributed by atoms with van der Waals surface area (Å²) < 4.78 is 0. The van der Waals surface area contributed by atoms with Crippen molar-refractivity contribution in [1.29, 1.82) is 0 Å². The van der Waals surface area contributed by atoms with Crippen LogP contribution in [0.25, 0.3) is 0 Å². The zero-order chi connectivity index (χ0) is 15.0. The lowest BCUT2D eigenvalue weighted by Gasteiger charge is -2.30. The number of rotatable bonds is 6. The number of carbonyl (C=O) groups is 1. The smallest absolute Gasteiger partial charge is 0.315 e. The molecule has 0 fully saturated rings. The third-order valence-electron chi connectivity index (χ3n) is 2.95. The van der Waals surface area contributed by atoms with Gasteiger partial charge in [-0.25, -0.2) is 4.79 Å². The topological polar surface area (TPSA) is 53.2 Å². The summed E-state index contributed by atoms with van der Waals surface area (Å²) in [7, 11) is 0. The Bertz CT molecular complexity index is 462. The van der Waals surface area contributed by atoms with Crippen LogP contribution in [0.1, 0.15) is 32.4 Å². The van der Waals surface area contributed by atoms with Gasteiger partial charge in [-0.15, -0.1) is 6.42 Å². The molecule has 108 valence electrons. The maximum Gasteiger partial charge on any atom is 0.315 e. The van der Waals surface area contributed by atoms with E-state index < -0.39 is 0 Å². The average Bonchev–Trinajstić information content (AvgIpc) is 2.43. The first-order valence-electron chi connectivity index (χ1n) is 6.72. The fourth-order valence-electron chi connectivity index (χ4n) is 1.96. The minimum atomic E-state index is -0.245. The Morgan fingerprint density at radius 3 is 2.55 bits per heavy atom. The molecule has 0 aliphatic heterocycles. The van der Waals surface area contributed by atoms with Crippen molar-refractivity contribution >= 4 is 6.03 Å². The van der Waals surface area contributed by atoms with Crippen molar-refractivity contribution in [3.8, 4) is 12.3 Å². The van der Waals surface area contributed by atoms with Gasteiger partial charge < -0.3 is 16.0 Å². The monoisotopic (exact) mass is 273 g/mol. The summed E-state index contributed by atoms with van der Waals surface area (Å²) in [5.41, 5.74) is 1.00. The van der Waals surface area contributed by atoms with Crippen LogP contribution in [0, 0.1) is 12.3 Å². The number of amides is 2. The van der Waals surface area contributed by atoms with Gasteiger partial charge in [0.25, 0.3) is 0 Å². The molecule has 3 N–H and O–H groups in total. The molecule has 0 unspecified atom stereocenters. The Morgan fingerprint density at radius 1 is 1.30 bits per heavy atom. The lowest BCUT2D eigenvalue weighted by atomic mass is 10.0. The van der Waals surface area contributed by atoms with Gasteiger partial charge in [0.15, 0.2) is 0 Å². The maximum atomic E-state index is 11.5. The molecule has 20 heavy (non-hydrogen) atoms. The lowest BCUT2D eigenvalue weighted by molar-refractivity contribution is 0.236. The highest BCUT2D eigenvalue weighted by Crippen LogP contribution is 2.15. The molecule has 0 aromatic heterocycles. The number of benzene rings is 1. The number of urea groups is 1. The fourth-order valence-corrected chi connectivity index (χ4v) is 1.96. The second kappa shape index (κ2) is 7.56. The third kappa shape index (κ3) is 5.77. The van der Waals surface area contributed by atoms with E-state index in [-0.39, 0.29) is 24.2 Å². The summed E-state index contributed by atoms with van der Waals surface area (Å²) in [4.78, 5) is 11.5. The largest absolute Gasteiger partial charge is 0.336 e. The van der Waals surface area contributed by atoms with Gasteiger partial charge >= 0.3 is 6.03 Å². The van der Waals surface area contributed by atoms with E-state index in [9.17, 15) is 4.79 Å². The molecule has 0 aliphatic rings. The fraction of sp³-hybridized carbons (Fsp3) is 0.438. The van der Waals surface area contributed by atoms with Crippen molar-refractivity contribution in [1.82, 2.24) is 16.0 Å². The van der Waals surface area contributed by atoms with Crippen molar-refractivity contribution in [3.63, 3.8) is 0 Å². The van der Waals surface area contributed by atoms with Crippen LogP contribution in [-0.4, -0.2) is 24.7 Å². The van der Waals surface area contributed by atoms with Crippen LogP contribution in [0.4, 0.5) is 4.79 Å². The van der Waals surface area contributed by atoms with E-state index in [1.807, 2.05) is 32.0 Å². The van der Waals surface area contributed by atoms with E-state index in [0.717, 1.165) is 0 Å². The van der Waals surface area contributed by atoms with Gasteiger partial charge in [-0.2, -0.15) is 0 Å². The zero-order valence-corrected chi connectivity index (χ0v) is 12.4. The molecule has 0 saturated heterocycles. The van der Waals surface area contributed by atoms with Crippen LogP contribution >= 0.6 is 0 Å². The number of hydrogen-bond donors (Lipinski definition) is 3. The van der Waals surface area contributed by atoms with Gasteiger partial charge in [-0.05, 0) is 26.3 Å². The first-order chi connectivity index (χ1) is 9.44. The highest BCUT2D eigenvalue weighted by atomic mass is 16.2. The molecule has 4 nitrogen and oxygen atoms in total. The Hall–Kier alpha value is -1.99. The molecule has 0 radical (unpaired) electrons. The van der Waals surface area contributed by atoms with E-state index in [1.54, 1.807) is 0 Å². The molecule has 0 spiro atoms. The standard InChI is InChI=1S/C16H23N3O/c1-5-11-17-15(20)18-12-16(3,4)19-13(2)14-9-7-6-8-10-14/h1,6-10,13,19H,11-12H2,2-4H3,(H2,17,18,20)/t13-/m0/s1. The number of carbonyl (C=O) groups excluding carboxylic acids is 1. The predicted octanol–water partition coefficient (Wildman–Crippen LogP) is 2.05. The summed E-state index contributed by atoms with van der Waals surface area (Å²) in [6.45, 7) is 6.96. The summed E-state index contributed by atoms with van der Waals surface area (Å²) in [5, 5.41) is 8.88. The van der Waals surface area contributed by atoms with Crippen LogP contribution in [0.15, 0.2) is 30.3 Å². The summed E-state index contributed by atoms with van der Waals surface area (Å²) >= 11 is 0. The molecule has 0 aliphatic carbocycles. The van der Waals surface area contributed by atoms with E-state index in [0.29, 0.717) is 6.54 Å². The average molecular weight is 273 g/mol. The number of hydrogen-bond acceptors (Lipinski definition) is 2. The Labute approximate surface area is 121 Å². The summed E-state index contributed by atoms with van der Waals surface area (Å²) in [6.07, 6.45) is 5.08. The molecular formula is C16H23N3O. The molecular weight excluding hydrogens is 250 g/mol. The van der Waals surface area contributed by atoms with Crippen LogP contribution < -0.4 is 16.0 Å². The zero-order valence-electron chi connectivity index (χ0n) is 12.4. The molecule has 4 heteroatoms. The Morgan fingerprint density at radius 2 is 1.95 bits per heavy atom. The molecule has 0 saturated carbocycles. The van der Waals surface area contributed by atoms with Crippen LogP contribution in [0.3, 0.4) is 0 Å². The predicted molar refractivity (Wildman–Crippen MR) is 82.3 cm³/mol. The molecule has 0 bridgehead atoms. The van der Waals surface area contributed by atoms with Gasteiger partial charge in [-0.1, -0.05) is 36.3 Å². The van der Waals surface area contributed by atoms with Crippen molar-refractivity contribution in [2.45, 2.75) is 32.4 Å². The van der Waals surface area contributed by atoms with Crippen molar-refractivity contribution in [2.75, 3.05) is 13.1 Å². The minimum absolute atomic E-state index is 0.210. The van der Waals surface area contributed by atoms with E-state index in [4.69, 9.17) is 6.42 Å². The molecule has 2 amide bonds. The normalized spacial score (nSPS) is 12.3. The molecule has 1 rings (SSSR count). The summed E-state index contributed by atoms with van der Waals surface area (Å²) in [6, 6.07) is 10.2. The van der Waals surface area contributed by atoms with Gasteiger partial charge in [0.2, 0.25) is 0 Å². The highest BCUT2D eigenvalue weighted by Gasteiger charge is 2.21. The number of terminal acetylenes is 1. The van der Waals surface area contributed by atoms with Gasteiger partial charge in [0.1, 0.15) is 0 Å².